The second-order valence-corrected chi connectivity index (χ2v) is 7.69. The minimum Gasteiger partial charge on any atom is -0.493 e. The molecule has 1 amide bonds. The average molecular weight is 368 g/mol. The second kappa shape index (κ2) is 6.96. The van der Waals surface area contributed by atoms with Crippen molar-refractivity contribution >= 4 is 27.5 Å². The molecule has 0 bridgehead atoms. The summed E-state index contributed by atoms with van der Waals surface area (Å²) in [6.07, 6.45) is 0.858. The van der Waals surface area contributed by atoms with Gasteiger partial charge in [0.25, 0.3) is 5.91 Å². The predicted octanol–water partition coefficient (Wildman–Crippen LogP) is 3.59. The third kappa shape index (κ3) is 3.24. The number of thiazole rings is 1. The highest BCUT2D eigenvalue weighted by Crippen LogP contribution is 2.35. The maximum Gasteiger partial charge on any atom is 0.251 e. The molecule has 26 heavy (non-hydrogen) atoms. The van der Waals surface area contributed by atoms with Crippen LogP contribution >= 0.6 is 11.3 Å². The first-order valence-corrected chi connectivity index (χ1v) is 9.40. The van der Waals surface area contributed by atoms with Crippen LogP contribution in [0.3, 0.4) is 0 Å². The highest BCUT2D eigenvalue weighted by atomic mass is 32.1. The van der Waals surface area contributed by atoms with E-state index in [0.717, 1.165) is 38.7 Å². The molecule has 4 rings (SSSR count). The standard InChI is InChI=1S/C20H20N2O3S/c1-12-22-16-9-15(6-7-18(16)26-12)20(23)21-10-13-8-14-4-3-5-17(24-2)19(14)25-11-13/h3-7,9,13H,8,10-11H2,1-2H3,(H,21,23)/t13-/m1/s1. The van der Waals surface area contributed by atoms with Crippen molar-refractivity contribution in [2.24, 2.45) is 5.92 Å². The Balaban J connectivity index is 1.41. The number of ether oxygens (including phenoxy) is 2. The predicted molar refractivity (Wildman–Crippen MR) is 102 cm³/mol. The van der Waals surface area contributed by atoms with Crippen LogP contribution in [0, 0.1) is 12.8 Å². The van der Waals surface area contributed by atoms with Crippen molar-refractivity contribution in [3.05, 3.63) is 52.5 Å². The molecule has 1 N–H and O–H groups in total. The van der Waals surface area contributed by atoms with Crippen LogP contribution in [0.2, 0.25) is 0 Å². The second-order valence-electron chi connectivity index (χ2n) is 6.46. The van der Waals surface area contributed by atoms with Crippen molar-refractivity contribution < 1.29 is 14.3 Å². The monoisotopic (exact) mass is 368 g/mol. The lowest BCUT2D eigenvalue weighted by molar-refractivity contribution is 0.0938. The van der Waals surface area contributed by atoms with E-state index in [9.17, 15) is 4.79 Å². The molecule has 1 aliphatic heterocycles. The van der Waals surface area contributed by atoms with Crippen LogP contribution < -0.4 is 14.8 Å². The number of aromatic nitrogens is 1. The molecule has 1 atom stereocenters. The van der Waals surface area contributed by atoms with Gasteiger partial charge in [-0.25, -0.2) is 4.98 Å². The van der Waals surface area contributed by atoms with E-state index < -0.39 is 0 Å². The van der Waals surface area contributed by atoms with E-state index in [1.807, 2.05) is 43.3 Å². The van der Waals surface area contributed by atoms with Gasteiger partial charge in [-0.05, 0) is 43.2 Å². The summed E-state index contributed by atoms with van der Waals surface area (Å²) in [6.45, 7) is 3.11. The lowest BCUT2D eigenvalue weighted by atomic mass is 9.96. The zero-order valence-electron chi connectivity index (χ0n) is 14.7. The Morgan fingerprint density at radius 2 is 2.27 bits per heavy atom. The number of carbonyl (C=O) groups excluding carboxylic acids is 1. The first-order valence-electron chi connectivity index (χ1n) is 8.58. The SMILES string of the molecule is COc1cccc2c1OC[C@@H](CNC(=O)c1ccc3sc(C)nc3c1)C2. The molecule has 1 aliphatic rings. The van der Waals surface area contributed by atoms with E-state index in [-0.39, 0.29) is 11.8 Å². The fourth-order valence-corrected chi connectivity index (χ4v) is 4.08. The molecule has 0 aliphatic carbocycles. The molecule has 0 spiro atoms. The molecule has 134 valence electrons. The number of amides is 1. The van der Waals surface area contributed by atoms with E-state index in [4.69, 9.17) is 9.47 Å². The maximum atomic E-state index is 12.5. The van der Waals surface area contributed by atoms with Crippen LogP contribution in [0.4, 0.5) is 0 Å². The topological polar surface area (TPSA) is 60.5 Å². The van der Waals surface area contributed by atoms with Crippen LogP contribution in [-0.2, 0) is 6.42 Å². The van der Waals surface area contributed by atoms with Gasteiger partial charge >= 0.3 is 0 Å². The lowest BCUT2D eigenvalue weighted by Crippen LogP contribution is -2.34. The number of aryl methyl sites for hydroxylation is 1. The number of benzene rings is 2. The van der Waals surface area contributed by atoms with Gasteiger partial charge in [-0.15, -0.1) is 11.3 Å². The van der Waals surface area contributed by atoms with Crippen LogP contribution in [0.25, 0.3) is 10.2 Å². The Morgan fingerprint density at radius 1 is 1.38 bits per heavy atom. The van der Waals surface area contributed by atoms with Crippen LogP contribution in [-0.4, -0.2) is 31.2 Å². The molecular weight excluding hydrogens is 348 g/mol. The third-order valence-corrected chi connectivity index (χ3v) is 5.51. The molecule has 2 aromatic carbocycles. The van der Waals surface area contributed by atoms with Gasteiger partial charge in [0, 0.05) is 18.0 Å². The number of rotatable bonds is 4. The first kappa shape index (κ1) is 16.8. The van der Waals surface area contributed by atoms with Gasteiger partial charge in [0.15, 0.2) is 11.5 Å². The highest BCUT2D eigenvalue weighted by molar-refractivity contribution is 7.18. The zero-order chi connectivity index (χ0) is 18.1. The zero-order valence-corrected chi connectivity index (χ0v) is 15.6. The van der Waals surface area contributed by atoms with Gasteiger partial charge in [-0.1, -0.05) is 12.1 Å². The van der Waals surface area contributed by atoms with Gasteiger partial charge in [0.2, 0.25) is 0 Å². The number of hydrogen-bond donors (Lipinski definition) is 1. The minimum absolute atomic E-state index is 0.0750. The smallest absolute Gasteiger partial charge is 0.251 e. The quantitative estimate of drug-likeness (QED) is 0.764. The van der Waals surface area contributed by atoms with Gasteiger partial charge in [0.1, 0.15) is 0 Å². The van der Waals surface area contributed by atoms with Gasteiger partial charge in [-0.3, -0.25) is 4.79 Å². The summed E-state index contributed by atoms with van der Waals surface area (Å²) in [5, 5.41) is 4.03. The Labute approximate surface area is 156 Å². The number of nitrogens with zero attached hydrogens (tertiary/aromatic N) is 1. The molecular formula is C20H20N2O3S. The van der Waals surface area contributed by atoms with Crippen molar-refractivity contribution in [3.8, 4) is 11.5 Å². The largest absolute Gasteiger partial charge is 0.493 e. The molecule has 2 heterocycles. The van der Waals surface area contributed by atoms with E-state index in [2.05, 4.69) is 10.3 Å². The molecule has 5 nitrogen and oxygen atoms in total. The van der Waals surface area contributed by atoms with E-state index >= 15 is 0 Å². The Kier molecular flexibility index (Phi) is 4.51. The van der Waals surface area contributed by atoms with Crippen LogP contribution in [0.1, 0.15) is 20.9 Å². The van der Waals surface area contributed by atoms with Crippen molar-refractivity contribution in [2.45, 2.75) is 13.3 Å². The number of para-hydroxylation sites is 1. The first-order chi connectivity index (χ1) is 12.6. The summed E-state index contributed by atoms with van der Waals surface area (Å²) in [7, 11) is 1.64. The van der Waals surface area contributed by atoms with Crippen molar-refractivity contribution in [1.29, 1.82) is 0 Å². The number of carbonyl (C=O) groups is 1. The van der Waals surface area contributed by atoms with Gasteiger partial charge in [-0.2, -0.15) is 0 Å². The molecule has 0 saturated heterocycles. The number of nitrogens with one attached hydrogen (secondary N) is 1. The number of hydrogen-bond acceptors (Lipinski definition) is 5. The molecule has 0 saturated carbocycles. The van der Waals surface area contributed by atoms with E-state index in [0.29, 0.717) is 18.7 Å². The molecule has 6 heteroatoms. The van der Waals surface area contributed by atoms with E-state index in [1.54, 1.807) is 18.4 Å². The minimum atomic E-state index is -0.0750. The fourth-order valence-electron chi connectivity index (χ4n) is 3.27. The Hall–Kier alpha value is -2.60. The lowest BCUT2D eigenvalue weighted by Gasteiger charge is -2.26. The number of fused-ring (bicyclic) bond motifs is 2. The third-order valence-electron chi connectivity index (χ3n) is 4.56. The van der Waals surface area contributed by atoms with Crippen molar-refractivity contribution in [1.82, 2.24) is 10.3 Å². The average Bonchev–Trinajstić information content (AvgIpc) is 3.04. The van der Waals surface area contributed by atoms with Gasteiger partial charge in [0.05, 0.1) is 28.9 Å². The van der Waals surface area contributed by atoms with Crippen LogP contribution in [0.5, 0.6) is 11.5 Å². The Bertz CT molecular complexity index is 967. The highest BCUT2D eigenvalue weighted by Gasteiger charge is 2.23. The molecule has 1 aromatic heterocycles. The van der Waals surface area contributed by atoms with Crippen LogP contribution in [0.15, 0.2) is 36.4 Å². The summed E-state index contributed by atoms with van der Waals surface area (Å²) in [4.78, 5) is 16.9. The Morgan fingerprint density at radius 3 is 3.12 bits per heavy atom. The summed E-state index contributed by atoms with van der Waals surface area (Å²) in [5.74, 6) is 1.75. The van der Waals surface area contributed by atoms with Crippen molar-refractivity contribution in [2.75, 3.05) is 20.3 Å². The molecule has 3 aromatic rings. The molecule has 0 unspecified atom stereocenters. The molecule has 0 fully saturated rings. The van der Waals surface area contributed by atoms with E-state index in [1.165, 1.54) is 0 Å². The summed E-state index contributed by atoms with van der Waals surface area (Å²) < 4.78 is 12.3. The summed E-state index contributed by atoms with van der Waals surface area (Å²) >= 11 is 1.64. The summed E-state index contributed by atoms with van der Waals surface area (Å²) in [6, 6.07) is 11.6. The normalized spacial score (nSPS) is 16.0. The maximum absolute atomic E-state index is 12.5. The number of methoxy groups -OCH3 is 1. The summed E-state index contributed by atoms with van der Waals surface area (Å²) in [5.41, 5.74) is 2.64. The fraction of sp³-hybridized carbons (Fsp3) is 0.300. The van der Waals surface area contributed by atoms with Crippen molar-refractivity contribution in [3.63, 3.8) is 0 Å². The van der Waals surface area contributed by atoms with Gasteiger partial charge < -0.3 is 14.8 Å². The molecule has 0 radical (unpaired) electrons.